The van der Waals surface area contributed by atoms with Crippen LogP contribution in [0.25, 0.3) is 10.9 Å². The van der Waals surface area contributed by atoms with Gasteiger partial charge in [-0.3, -0.25) is 9.59 Å². The van der Waals surface area contributed by atoms with E-state index >= 15 is 0 Å². The van der Waals surface area contributed by atoms with Gasteiger partial charge in [-0.2, -0.15) is 0 Å². The number of Topliss-reactive ketones (excluding diaryl/α,β-unsaturated/α-hetero) is 1. The topological polar surface area (TPSA) is 54.3 Å². The zero-order valence-electron chi connectivity index (χ0n) is 18.1. The summed E-state index contributed by atoms with van der Waals surface area (Å²) in [5.41, 5.74) is 1.48. The quantitative estimate of drug-likeness (QED) is 0.503. The molecule has 0 bridgehead atoms. The molecule has 0 aliphatic carbocycles. The van der Waals surface area contributed by atoms with Crippen molar-refractivity contribution in [3.63, 3.8) is 0 Å². The van der Waals surface area contributed by atoms with E-state index in [0.717, 1.165) is 36.5 Å². The first-order valence-electron chi connectivity index (χ1n) is 11.2. The van der Waals surface area contributed by atoms with Crippen LogP contribution in [0.4, 0.5) is 0 Å². The van der Waals surface area contributed by atoms with Crippen LogP contribution in [-0.2, 0) is 4.79 Å². The molecule has 3 rings (SSSR count). The molecule has 0 atom stereocenters. The number of para-hydroxylation sites is 1. The summed E-state index contributed by atoms with van der Waals surface area (Å²) in [6, 6.07) is 8.00. The van der Waals surface area contributed by atoms with Gasteiger partial charge in [-0.15, -0.1) is 0 Å². The number of likely N-dealkylation sites (tertiary alicyclic amines) is 1. The number of unbranched alkanes of at least 4 members (excludes halogenated alkanes) is 1. The van der Waals surface area contributed by atoms with E-state index in [0.29, 0.717) is 12.1 Å². The number of hydrogen-bond donors (Lipinski definition) is 1. The van der Waals surface area contributed by atoms with Crippen molar-refractivity contribution < 1.29 is 9.59 Å². The minimum Gasteiger partial charge on any atom is -0.348 e. The Morgan fingerprint density at radius 2 is 1.90 bits per heavy atom. The average Bonchev–Trinajstić information content (AvgIpc) is 3.12. The molecule has 2 heterocycles. The highest BCUT2D eigenvalue weighted by Gasteiger charge is 2.23. The van der Waals surface area contributed by atoms with E-state index in [1.165, 1.54) is 32.1 Å². The van der Waals surface area contributed by atoms with Crippen molar-refractivity contribution in [2.24, 2.45) is 5.92 Å². The first-order valence-corrected chi connectivity index (χ1v) is 11.2. The molecule has 1 aliphatic heterocycles. The van der Waals surface area contributed by atoms with Crippen LogP contribution < -0.4 is 5.32 Å². The molecule has 0 unspecified atom stereocenters. The molecule has 5 heteroatoms. The summed E-state index contributed by atoms with van der Waals surface area (Å²) in [7, 11) is 0. The summed E-state index contributed by atoms with van der Waals surface area (Å²) in [5, 5.41) is 3.68. The van der Waals surface area contributed by atoms with E-state index in [-0.39, 0.29) is 6.04 Å². The summed E-state index contributed by atoms with van der Waals surface area (Å²) >= 11 is 0. The molecule has 1 N–H and O–H groups in total. The number of amides is 1. The number of hydrogen-bond acceptors (Lipinski definition) is 3. The van der Waals surface area contributed by atoms with E-state index in [1.807, 2.05) is 30.5 Å². The molecule has 1 aromatic carbocycles. The minimum absolute atomic E-state index is 0.227. The second-order valence-corrected chi connectivity index (χ2v) is 8.57. The van der Waals surface area contributed by atoms with E-state index in [9.17, 15) is 9.59 Å². The molecule has 0 saturated carbocycles. The fourth-order valence-electron chi connectivity index (χ4n) is 4.33. The minimum atomic E-state index is -0.505. The summed E-state index contributed by atoms with van der Waals surface area (Å²) in [6.45, 7) is 9.93. The van der Waals surface area contributed by atoms with Crippen LogP contribution >= 0.6 is 0 Å². The number of ketones is 1. The lowest BCUT2D eigenvalue weighted by Gasteiger charge is -2.31. The largest absolute Gasteiger partial charge is 0.348 e. The van der Waals surface area contributed by atoms with Crippen molar-refractivity contribution in [2.45, 2.75) is 58.9 Å². The van der Waals surface area contributed by atoms with E-state index in [4.69, 9.17) is 0 Å². The number of carbonyl (C=O) groups is 2. The van der Waals surface area contributed by atoms with Crippen molar-refractivity contribution in [2.75, 3.05) is 26.2 Å². The van der Waals surface area contributed by atoms with Crippen molar-refractivity contribution in [3.8, 4) is 0 Å². The summed E-state index contributed by atoms with van der Waals surface area (Å²) in [4.78, 5) is 27.7. The predicted molar refractivity (Wildman–Crippen MR) is 118 cm³/mol. The lowest BCUT2D eigenvalue weighted by molar-refractivity contribution is -0.117. The third-order valence-corrected chi connectivity index (χ3v) is 6.13. The molecule has 1 aromatic heterocycles. The number of piperidine rings is 1. The molecule has 158 valence electrons. The Labute approximate surface area is 174 Å². The van der Waals surface area contributed by atoms with Gasteiger partial charge in [-0.25, -0.2) is 0 Å². The number of carbonyl (C=O) groups excluding carboxylic acids is 2. The van der Waals surface area contributed by atoms with Crippen molar-refractivity contribution >= 4 is 22.6 Å². The molecule has 1 aliphatic rings. The number of nitrogens with one attached hydrogen (secondary N) is 1. The molecule has 1 saturated heterocycles. The maximum Gasteiger partial charge on any atom is 0.292 e. The van der Waals surface area contributed by atoms with Crippen LogP contribution in [-0.4, -0.2) is 47.3 Å². The third kappa shape index (κ3) is 5.27. The van der Waals surface area contributed by atoms with Crippen LogP contribution in [0.5, 0.6) is 0 Å². The van der Waals surface area contributed by atoms with Gasteiger partial charge < -0.3 is 14.8 Å². The second kappa shape index (κ2) is 10.1. The van der Waals surface area contributed by atoms with Crippen molar-refractivity contribution in [3.05, 3.63) is 36.0 Å². The average molecular weight is 398 g/mol. The van der Waals surface area contributed by atoms with Gasteiger partial charge in [-0.05, 0) is 51.8 Å². The second-order valence-electron chi connectivity index (χ2n) is 8.57. The number of nitrogens with zero attached hydrogens (tertiary/aromatic N) is 2. The van der Waals surface area contributed by atoms with Crippen LogP contribution in [0.1, 0.15) is 69.3 Å². The summed E-state index contributed by atoms with van der Waals surface area (Å²) in [6.07, 6.45) is 8.27. The maximum absolute atomic E-state index is 12.8. The number of benzene rings is 1. The van der Waals surface area contributed by atoms with Crippen molar-refractivity contribution in [1.29, 1.82) is 0 Å². The summed E-state index contributed by atoms with van der Waals surface area (Å²) in [5.74, 6) is -0.0889. The molecule has 2 aromatic rings. The van der Waals surface area contributed by atoms with Gasteiger partial charge in [0.2, 0.25) is 0 Å². The van der Waals surface area contributed by atoms with Gasteiger partial charge in [0.1, 0.15) is 0 Å². The van der Waals surface area contributed by atoms with Gasteiger partial charge in [0.05, 0.1) is 5.56 Å². The fraction of sp³-hybridized carbons (Fsp3) is 0.583. The summed E-state index contributed by atoms with van der Waals surface area (Å²) < 4.78 is 2.05. The highest BCUT2D eigenvalue weighted by molar-refractivity contribution is 6.45. The number of rotatable bonds is 9. The van der Waals surface area contributed by atoms with Crippen molar-refractivity contribution in [1.82, 2.24) is 14.8 Å². The molecule has 0 radical (unpaired) electrons. The Hall–Kier alpha value is -2.14. The lowest BCUT2D eigenvalue weighted by atomic mass is 9.92. The molecular weight excluding hydrogens is 362 g/mol. The monoisotopic (exact) mass is 397 g/mol. The van der Waals surface area contributed by atoms with Gasteiger partial charge in [0, 0.05) is 36.2 Å². The lowest BCUT2D eigenvalue weighted by Crippen LogP contribution is -2.41. The number of fused-ring (bicyclic) bond motifs is 1. The van der Waals surface area contributed by atoms with Gasteiger partial charge >= 0.3 is 0 Å². The van der Waals surface area contributed by atoms with Crippen LogP contribution in [0.3, 0.4) is 0 Å². The maximum atomic E-state index is 12.8. The molecular formula is C24H35N3O2. The standard InChI is InChI=1S/C24H35N3O2/c1-4-5-8-19-11-14-26(15-12-19)16-13-25-24(29)23(28)21-17-27(18(2)3)22-10-7-6-9-20(21)22/h6-7,9-10,17-19H,4-5,8,11-16H2,1-3H3,(H,25,29). The van der Waals surface area contributed by atoms with Crippen LogP contribution in [0.15, 0.2) is 30.5 Å². The third-order valence-electron chi connectivity index (χ3n) is 6.13. The smallest absolute Gasteiger partial charge is 0.292 e. The Bertz CT molecular complexity index is 832. The Morgan fingerprint density at radius 1 is 1.17 bits per heavy atom. The Kier molecular flexibility index (Phi) is 7.48. The van der Waals surface area contributed by atoms with E-state index in [1.54, 1.807) is 0 Å². The number of aromatic nitrogens is 1. The molecule has 1 amide bonds. The first kappa shape index (κ1) is 21.6. The Morgan fingerprint density at radius 3 is 2.59 bits per heavy atom. The molecule has 1 fully saturated rings. The van der Waals surface area contributed by atoms with Crippen LogP contribution in [0.2, 0.25) is 0 Å². The van der Waals surface area contributed by atoms with Crippen LogP contribution in [0, 0.1) is 5.92 Å². The Balaban J connectivity index is 1.52. The SMILES string of the molecule is CCCCC1CCN(CCNC(=O)C(=O)c2cn(C(C)C)c3ccccc23)CC1. The van der Waals surface area contributed by atoms with E-state index < -0.39 is 11.7 Å². The highest BCUT2D eigenvalue weighted by atomic mass is 16.2. The van der Waals surface area contributed by atoms with E-state index in [2.05, 4.69) is 35.6 Å². The fourth-order valence-corrected chi connectivity index (χ4v) is 4.33. The highest BCUT2D eigenvalue weighted by Crippen LogP contribution is 2.25. The van der Waals surface area contributed by atoms with Gasteiger partial charge in [-0.1, -0.05) is 44.4 Å². The molecule has 29 heavy (non-hydrogen) atoms. The first-order chi connectivity index (χ1) is 14.0. The zero-order chi connectivity index (χ0) is 20.8. The zero-order valence-corrected chi connectivity index (χ0v) is 18.1. The normalized spacial score (nSPS) is 15.9. The van der Waals surface area contributed by atoms with Gasteiger partial charge in [0.15, 0.2) is 0 Å². The molecule has 5 nitrogen and oxygen atoms in total. The predicted octanol–water partition coefficient (Wildman–Crippen LogP) is 4.42. The van der Waals surface area contributed by atoms with Gasteiger partial charge in [0.25, 0.3) is 11.7 Å². The molecule has 0 spiro atoms.